The molecular weight excluding hydrogens is 209 g/mol. The van der Waals surface area contributed by atoms with Gasteiger partial charge in [-0.1, -0.05) is 0 Å². The molecular formula is C8H11F3N4. The molecule has 0 unspecified atom stereocenters. The van der Waals surface area contributed by atoms with Crippen molar-refractivity contribution in [3.63, 3.8) is 0 Å². The number of hydrogen-bond donors (Lipinski definition) is 3. The number of rotatable bonds is 3. The minimum absolute atomic E-state index is 0.104. The Balaban J connectivity index is 2.48. The van der Waals surface area contributed by atoms with Gasteiger partial charge in [0.1, 0.15) is 11.6 Å². The first kappa shape index (κ1) is 11.4. The third-order valence-corrected chi connectivity index (χ3v) is 1.67. The van der Waals surface area contributed by atoms with Crippen LogP contribution in [0.5, 0.6) is 0 Å². The monoisotopic (exact) mass is 220 g/mol. The molecule has 0 amide bonds. The van der Waals surface area contributed by atoms with Crippen molar-refractivity contribution in [3.8, 4) is 0 Å². The number of halogens is 3. The van der Waals surface area contributed by atoms with Crippen molar-refractivity contribution in [2.75, 3.05) is 23.3 Å². The molecule has 7 heteroatoms. The lowest BCUT2D eigenvalue weighted by molar-refractivity contribution is -0.131. The van der Waals surface area contributed by atoms with Crippen molar-refractivity contribution in [2.24, 2.45) is 0 Å². The molecule has 0 aliphatic heterocycles. The van der Waals surface area contributed by atoms with E-state index < -0.39 is 12.6 Å². The lowest BCUT2D eigenvalue weighted by Gasteiger charge is -2.09. The molecule has 5 N–H and O–H groups in total. The number of aromatic nitrogens is 1. The van der Waals surface area contributed by atoms with Gasteiger partial charge in [0.05, 0.1) is 12.1 Å². The summed E-state index contributed by atoms with van der Waals surface area (Å²) in [7, 11) is 0. The summed E-state index contributed by atoms with van der Waals surface area (Å²) in [5, 5.41) is 2.50. The zero-order chi connectivity index (χ0) is 11.5. The van der Waals surface area contributed by atoms with E-state index in [-0.39, 0.29) is 18.2 Å². The predicted octanol–water partition coefficient (Wildman–Crippen LogP) is 1.61. The summed E-state index contributed by atoms with van der Waals surface area (Å²) in [5.41, 5.74) is 11.1. The fourth-order valence-corrected chi connectivity index (χ4v) is 0.916. The fourth-order valence-electron chi connectivity index (χ4n) is 0.916. The molecule has 0 aliphatic rings. The van der Waals surface area contributed by atoms with E-state index in [1.54, 1.807) is 0 Å². The van der Waals surface area contributed by atoms with Crippen LogP contribution in [0.3, 0.4) is 0 Å². The first-order chi connectivity index (χ1) is 6.88. The molecule has 1 rings (SSSR count). The molecule has 0 saturated carbocycles. The molecule has 0 fully saturated rings. The van der Waals surface area contributed by atoms with Crippen molar-refractivity contribution >= 4 is 17.3 Å². The summed E-state index contributed by atoms with van der Waals surface area (Å²) in [6.07, 6.45) is -5.09. The summed E-state index contributed by atoms with van der Waals surface area (Å²) < 4.78 is 35.4. The fraction of sp³-hybridized carbons (Fsp3) is 0.375. The second-order valence-corrected chi connectivity index (χ2v) is 2.96. The van der Waals surface area contributed by atoms with Crippen LogP contribution < -0.4 is 16.8 Å². The van der Waals surface area contributed by atoms with E-state index in [2.05, 4.69) is 10.3 Å². The predicted molar refractivity (Wildman–Crippen MR) is 52.2 cm³/mol. The van der Waals surface area contributed by atoms with E-state index in [9.17, 15) is 13.2 Å². The largest absolute Gasteiger partial charge is 0.396 e. The highest BCUT2D eigenvalue weighted by atomic mass is 19.4. The number of nitrogens with zero attached hydrogens (tertiary/aromatic N) is 1. The zero-order valence-corrected chi connectivity index (χ0v) is 7.80. The van der Waals surface area contributed by atoms with Gasteiger partial charge < -0.3 is 16.8 Å². The molecule has 0 radical (unpaired) electrons. The van der Waals surface area contributed by atoms with Crippen LogP contribution in [-0.2, 0) is 0 Å². The van der Waals surface area contributed by atoms with Gasteiger partial charge in [-0.25, -0.2) is 4.98 Å². The summed E-state index contributed by atoms with van der Waals surface area (Å²) in [5.74, 6) is 0.387. The number of hydrogen-bond acceptors (Lipinski definition) is 4. The van der Waals surface area contributed by atoms with Crippen molar-refractivity contribution in [1.29, 1.82) is 0 Å². The summed E-state index contributed by atoms with van der Waals surface area (Å²) in [6, 6.07) is 2.96. The maximum atomic E-state index is 11.8. The van der Waals surface area contributed by atoms with E-state index >= 15 is 0 Å². The normalized spacial score (nSPS) is 11.4. The van der Waals surface area contributed by atoms with Gasteiger partial charge in [-0.05, 0) is 12.1 Å². The Morgan fingerprint density at radius 2 is 1.93 bits per heavy atom. The molecule has 0 bridgehead atoms. The molecule has 0 aliphatic carbocycles. The topological polar surface area (TPSA) is 77.0 Å². The molecule has 4 nitrogen and oxygen atoms in total. The molecule has 1 heterocycles. The Labute approximate surface area is 84.5 Å². The standard InChI is InChI=1S/C8H11F3N4/c9-8(10,11)3-4-14-6-2-1-5(12)7(13)15-6/h1-2H,3-4,12H2,(H3,13,14,15). The van der Waals surface area contributed by atoms with Crippen LogP contribution >= 0.6 is 0 Å². The molecule has 0 spiro atoms. The third kappa shape index (κ3) is 3.92. The van der Waals surface area contributed by atoms with E-state index in [4.69, 9.17) is 11.5 Å². The number of nitrogens with one attached hydrogen (secondary N) is 1. The van der Waals surface area contributed by atoms with Gasteiger partial charge in [-0.3, -0.25) is 0 Å². The maximum absolute atomic E-state index is 11.8. The Hall–Kier alpha value is -1.66. The molecule has 84 valence electrons. The molecule has 1 aromatic heterocycles. The Morgan fingerprint density at radius 1 is 1.27 bits per heavy atom. The second-order valence-electron chi connectivity index (χ2n) is 2.96. The highest BCUT2D eigenvalue weighted by Crippen LogP contribution is 2.20. The van der Waals surface area contributed by atoms with E-state index in [0.717, 1.165) is 0 Å². The smallest absolute Gasteiger partial charge is 0.390 e. The average molecular weight is 220 g/mol. The van der Waals surface area contributed by atoms with E-state index in [1.807, 2.05) is 0 Å². The van der Waals surface area contributed by atoms with Gasteiger partial charge in [-0.2, -0.15) is 13.2 Å². The minimum atomic E-state index is -4.17. The number of alkyl halides is 3. The lowest BCUT2D eigenvalue weighted by atomic mass is 10.3. The average Bonchev–Trinajstić information content (AvgIpc) is 2.09. The van der Waals surface area contributed by atoms with Gasteiger partial charge in [0.25, 0.3) is 0 Å². The summed E-state index contributed by atoms with van der Waals surface area (Å²) in [4.78, 5) is 3.77. The Morgan fingerprint density at radius 3 is 2.47 bits per heavy atom. The Kier molecular flexibility index (Phi) is 3.23. The van der Waals surface area contributed by atoms with Gasteiger partial charge >= 0.3 is 6.18 Å². The molecule has 0 saturated heterocycles. The Bertz CT molecular complexity index is 337. The highest BCUT2D eigenvalue weighted by molar-refractivity contribution is 5.61. The minimum Gasteiger partial charge on any atom is -0.396 e. The molecule has 1 aromatic rings. The maximum Gasteiger partial charge on any atom is 0.390 e. The van der Waals surface area contributed by atoms with Crippen molar-refractivity contribution < 1.29 is 13.2 Å². The summed E-state index contributed by atoms with van der Waals surface area (Å²) in [6.45, 7) is -0.236. The van der Waals surface area contributed by atoms with E-state index in [1.165, 1.54) is 12.1 Å². The van der Waals surface area contributed by atoms with Crippen LogP contribution in [-0.4, -0.2) is 17.7 Å². The number of nitrogen functional groups attached to an aromatic ring is 2. The van der Waals surface area contributed by atoms with Gasteiger partial charge in [-0.15, -0.1) is 0 Å². The van der Waals surface area contributed by atoms with Crippen molar-refractivity contribution in [3.05, 3.63) is 12.1 Å². The number of anilines is 3. The summed E-state index contributed by atoms with van der Waals surface area (Å²) >= 11 is 0. The third-order valence-electron chi connectivity index (χ3n) is 1.67. The quantitative estimate of drug-likeness (QED) is 0.723. The molecule has 0 aromatic carbocycles. The second kappa shape index (κ2) is 4.24. The first-order valence-corrected chi connectivity index (χ1v) is 4.21. The first-order valence-electron chi connectivity index (χ1n) is 4.21. The van der Waals surface area contributed by atoms with Crippen molar-refractivity contribution in [2.45, 2.75) is 12.6 Å². The van der Waals surface area contributed by atoms with Crippen LogP contribution in [0, 0.1) is 0 Å². The van der Waals surface area contributed by atoms with E-state index in [0.29, 0.717) is 5.69 Å². The van der Waals surface area contributed by atoms with Crippen LogP contribution in [0.15, 0.2) is 12.1 Å². The zero-order valence-electron chi connectivity index (χ0n) is 7.80. The van der Waals surface area contributed by atoms with Gasteiger partial charge in [0.15, 0.2) is 0 Å². The highest BCUT2D eigenvalue weighted by Gasteiger charge is 2.26. The van der Waals surface area contributed by atoms with Crippen LogP contribution in [0.2, 0.25) is 0 Å². The van der Waals surface area contributed by atoms with Crippen LogP contribution in [0.4, 0.5) is 30.5 Å². The van der Waals surface area contributed by atoms with Crippen molar-refractivity contribution in [1.82, 2.24) is 4.98 Å². The lowest BCUT2D eigenvalue weighted by Crippen LogP contribution is -2.15. The van der Waals surface area contributed by atoms with Gasteiger partial charge in [0, 0.05) is 6.54 Å². The number of nitrogens with two attached hydrogens (primary N) is 2. The van der Waals surface area contributed by atoms with Gasteiger partial charge in [0.2, 0.25) is 0 Å². The molecule has 15 heavy (non-hydrogen) atoms. The molecule has 0 atom stereocenters. The van der Waals surface area contributed by atoms with Crippen LogP contribution in [0.25, 0.3) is 0 Å². The van der Waals surface area contributed by atoms with Crippen LogP contribution in [0.1, 0.15) is 6.42 Å². The SMILES string of the molecule is Nc1ccc(NCCC(F)(F)F)nc1N. The number of pyridine rings is 1.